The van der Waals surface area contributed by atoms with E-state index in [2.05, 4.69) is 11.1 Å². The van der Waals surface area contributed by atoms with Crippen molar-refractivity contribution >= 4 is 22.5 Å². The second-order valence-electron chi connectivity index (χ2n) is 4.10. The second kappa shape index (κ2) is 3.29. The SMILES string of the molecule is CC1=C(C#N)c2nc3ccccc3n2C(=O)C1. The lowest BCUT2D eigenvalue weighted by Crippen LogP contribution is -2.18. The summed E-state index contributed by atoms with van der Waals surface area (Å²) in [7, 11) is 0. The van der Waals surface area contributed by atoms with Crippen molar-refractivity contribution in [2.75, 3.05) is 0 Å². The van der Waals surface area contributed by atoms with Gasteiger partial charge >= 0.3 is 0 Å². The quantitative estimate of drug-likeness (QED) is 0.688. The Morgan fingerprint density at radius 2 is 2.18 bits per heavy atom. The molecule has 82 valence electrons. The fraction of sp³-hybridized carbons (Fsp3) is 0.154. The number of nitrogens with zero attached hydrogens (tertiary/aromatic N) is 3. The first kappa shape index (κ1) is 9.79. The molecule has 0 spiro atoms. The molecule has 3 rings (SSSR count). The van der Waals surface area contributed by atoms with Gasteiger partial charge in [0.15, 0.2) is 5.82 Å². The van der Waals surface area contributed by atoms with Gasteiger partial charge < -0.3 is 0 Å². The average molecular weight is 223 g/mol. The van der Waals surface area contributed by atoms with E-state index in [9.17, 15) is 4.79 Å². The van der Waals surface area contributed by atoms with Crippen molar-refractivity contribution in [3.05, 3.63) is 35.7 Å². The Labute approximate surface area is 97.8 Å². The minimum Gasteiger partial charge on any atom is -0.274 e. The highest BCUT2D eigenvalue weighted by Gasteiger charge is 2.26. The molecule has 2 aromatic rings. The van der Waals surface area contributed by atoms with E-state index >= 15 is 0 Å². The number of carbonyl (C=O) groups excluding carboxylic acids is 1. The van der Waals surface area contributed by atoms with Gasteiger partial charge in [0.25, 0.3) is 0 Å². The molecule has 2 heterocycles. The summed E-state index contributed by atoms with van der Waals surface area (Å²) in [6, 6.07) is 9.56. The third-order valence-electron chi connectivity index (χ3n) is 2.99. The Kier molecular flexibility index (Phi) is 1.89. The standard InChI is InChI=1S/C13H9N3O/c1-8-6-12(17)16-11-5-3-2-4-10(11)15-13(16)9(8)7-14/h2-5H,6H2,1H3. The highest BCUT2D eigenvalue weighted by atomic mass is 16.2. The van der Waals surface area contributed by atoms with Crippen LogP contribution in [-0.4, -0.2) is 15.5 Å². The summed E-state index contributed by atoms with van der Waals surface area (Å²) >= 11 is 0. The normalized spacial score (nSPS) is 14.9. The van der Waals surface area contributed by atoms with Gasteiger partial charge in [-0.05, 0) is 24.6 Å². The molecule has 0 saturated carbocycles. The Morgan fingerprint density at radius 1 is 1.41 bits per heavy atom. The van der Waals surface area contributed by atoms with E-state index in [0.717, 1.165) is 16.6 Å². The fourth-order valence-electron chi connectivity index (χ4n) is 2.18. The molecule has 17 heavy (non-hydrogen) atoms. The summed E-state index contributed by atoms with van der Waals surface area (Å²) in [5.74, 6) is 0.452. The maximum Gasteiger partial charge on any atom is 0.236 e. The molecule has 1 aliphatic rings. The van der Waals surface area contributed by atoms with E-state index in [1.165, 1.54) is 0 Å². The van der Waals surface area contributed by atoms with Crippen LogP contribution >= 0.6 is 0 Å². The van der Waals surface area contributed by atoms with E-state index in [1.54, 1.807) is 11.5 Å². The monoisotopic (exact) mass is 223 g/mol. The van der Waals surface area contributed by atoms with Crippen LogP contribution in [0.25, 0.3) is 16.6 Å². The molecule has 0 unspecified atom stereocenters. The molecule has 0 bridgehead atoms. The molecule has 0 amide bonds. The van der Waals surface area contributed by atoms with Crippen molar-refractivity contribution in [2.24, 2.45) is 0 Å². The third-order valence-corrected chi connectivity index (χ3v) is 2.99. The van der Waals surface area contributed by atoms with Crippen molar-refractivity contribution < 1.29 is 4.79 Å². The number of imidazole rings is 1. The summed E-state index contributed by atoms with van der Waals surface area (Å²) in [4.78, 5) is 16.4. The predicted molar refractivity (Wildman–Crippen MR) is 63.2 cm³/mol. The number of hydrogen-bond acceptors (Lipinski definition) is 3. The number of carbonyl (C=O) groups is 1. The highest BCUT2D eigenvalue weighted by molar-refractivity contribution is 6.00. The molecule has 4 heteroatoms. The Hall–Kier alpha value is -2.41. The first-order valence-electron chi connectivity index (χ1n) is 5.33. The fourth-order valence-corrected chi connectivity index (χ4v) is 2.18. The Bertz CT molecular complexity index is 716. The third kappa shape index (κ3) is 1.23. The summed E-state index contributed by atoms with van der Waals surface area (Å²) in [6.07, 6.45) is 0.288. The molecule has 0 atom stereocenters. The van der Waals surface area contributed by atoms with Crippen molar-refractivity contribution in [1.29, 1.82) is 5.26 Å². The van der Waals surface area contributed by atoms with Gasteiger partial charge in [0.2, 0.25) is 5.91 Å². The Balaban J connectivity index is 2.45. The van der Waals surface area contributed by atoms with Gasteiger partial charge in [0.1, 0.15) is 6.07 Å². The number of fused-ring (bicyclic) bond motifs is 3. The van der Waals surface area contributed by atoms with Crippen LogP contribution in [0.5, 0.6) is 0 Å². The van der Waals surface area contributed by atoms with Crippen LogP contribution in [0.1, 0.15) is 24.0 Å². The van der Waals surface area contributed by atoms with Gasteiger partial charge in [-0.15, -0.1) is 0 Å². The van der Waals surface area contributed by atoms with E-state index in [4.69, 9.17) is 5.26 Å². The number of allylic oxidation sites excluding steroid dienone is 2. The van der Waals surface area contributed by atoms with E-state index in [-0.39, 0.29) is 12.3 Å². The number of para-hydroxylation sites is 2. The molecule has 0 saturated heterocycles. The number of nitriles is 1. The van der Waals surface area contributed by atoms with Crippen LogP contribution in [-0.2, 0) is 0 Å². The van der Waals surface area contributed by atoms with Crippen LogP contribution in [0.3, 0.4) is 0 Å². The lowest BCUT2D eigenvalue weighted by atomic mass is 10.0. The summed E-state index contributed by atoms with van der Waals surface area (Å²) in [5, 5.41) is 9.15. The summed E-state index contributed by atoms with van der Waals surface area (Å²) in [5.41, 5.74) is 2.83. The second-order valence-corrected chi connectivity index (χ2v) is 4.10. The van der Waals surface area contributed by atoms with Crippen molar-refractivity contribution in [2.45, 2.75) is 13.3 Å². The molecule has 1 aromatic heterocycles. The minimum atomic E-state index is -0.0230. The van der Waals surface area contributed by atoms with Crippen molar-refractivity contribution in [3.63, 3.8) is 0 Å². The summed E-state index contributed by atoms with van der Waals surface area (Å²) in [6.45, 7) is 1.80. The predicted octanol–water partition coefficient (Wildman–Crippen LogP) is 2.38. The zero-order valence-electron chi connectivity index (χ0n) is 9.27. The lowest BCUT2D eigenvalue weighted by Gasteiger charge is -2.14. The topological polar surface area (TPSA) is 58.7 Å². The first-order valence-corrected chi connectivity index (χ1v) is 5.33. The number of rotatable bonds is 0. The molecule has 0 fully saturated rings. The first-order chi connectivity index (χ1) is 8.22. The minimum absolute atomic E-state index is 0.0230. The van der Waals surface area contributed by atoms with Crippen molar-refractivity contribution in [1.82, 2.24) is 9.55 Å². The van der Waals surface area contributed by atoms with E-state index in [1.807, 2.05) is 24.3 Å². The maximum absolute atomic E-state index is 12.0. The van der Waals surface area contributed by atoms with Gasteiger partial charge in [-0.25, -0.2) is 4.98 Å². The van der Waals surface area contributed by atoms with Gasteiger partial charge in [0.05, 0.1) is 23.0 Å². The summed E-state index contributed by atoms with van der Waals surface area (Å²) < 4.78 is 1.54. The molecule has 0 aliphatic carbocycles. The average Bonchev–Trinajstić information content (AvgIpc) is 2.68. The number of benzene rings is 1. The van der Waals surface area contributed by atoms with Crippen LogP contribution in [0, 0.1) is 11.3 Å². The van der Waals surface area contributed by atoms with Crippen LogP contribution < -0.4 is 0 Å². The molecule has 0 N–H and O–H groups in total. The van der Waals surface area contributed by atoms with E-state index in [0.29, 0.717) is 11.4 Å². The van der Waals surface area contributed by atoms with Gasteiger partial charge in [-0.2, -0.15) is 5.26 Å². The van der Waals surface area contributed by atoms with Crippen LogP contribution in [0.15, 0.2) is 29.8 Å². The molecule has 0 radical (unpaired) electrons. The maximum atomic E-state index is 12.0. The van der Waals surface area contributed by atoms with E-state index < -0.39 is 0 Å². The largest absolute Gasteiger partial charge is 0.274 e. The van der Waals surface area contributed by atoms with Gasteiger partial charge in [-0.3, -0.25) is 9.36 Å². The smallest absolute Gasteiger partial charge is 0.236 e. The molecular weight excluding hydrogens is 214 g/mol. The number of hydrogen-bond donors (Lipinski definition) is 0. The molecule has 1 aliphatic heterocycles. The molecular formula is C13H9N3O. The zero-order valence-corrected chi connectivity index (χ0v) is 9.27. The van der Waals surface area contributed by atoms with Crippen LogP contribution in [0.4, 0.5) is 0 Å². The Morgan fingerprint density at radius 3 is 2.94 bits per heavy atom. The zero-order chi connectivity index (χ0) is 12.0. The van der Waals surface area contributed by atoms with Crippen LogP contribution in [0.2, 0.25) is 0 Å². The van der Waals surface area contributed by atoms with Gasteiger partial charge in [0, 0.05) is 0 Å². The van der Waals surface area contributed by atoms with Crippen molar-refractivity contribution in [3.8, 4) is 6.07 Å². The van der Waals surface area contributed by atoms with Gasteiger partial charge in [-0.1, -0.05) is 12.1 Å². The number of aromatic nitrogens is 2. The molecule has 1 aromatic carbocycles. The lowest BCUT2D eigenvalue weighted by molar-refractivity contribution is 0.0915. The highest BCUT2D eigenvalue weighted by Crippen LogP contribution is 2.29. The molecule has 4 nitrogen and oxygen atoms in total.